The van der Waals surface area contributed by atoms with Crippen molar-refractivity contribution in [1.82, 2.24) is 0 Å². The van der Waals surface area contributed by atoms with E-state index in [0.717, 1.165) is 0 Å². The molecule has 1 aliphatic carbocycles. The zero-order chi connectivity index (χ0) is 15.1. The first-order valence-corrected chi connectivity index (χ1v) is 6.20. The van der Waals surface area contributed by atoms with E-state index in [9.17, 15) is 19.2 Å². The lowest BCUT2D eigenvalue weighted by molar-refractivity contribution is -0.147. The fraction of sp³-hybridized carbons (Fsp3) is 0.667. The highest BCUT2D eigenvalue weighted by molar-refractivity contribution is 6.00. The van der Waals surface area contributed by atoms with Gasteiger partial charge in [0.05, 0.1) is 26.1 Å². The van der Waals surface area contributed by atoms with Crippen LogP contribution in [0.2, 0.25) is 0 Å². The Kier molecular flexibility index (Phi) is 5.95. The highest BCUT2D eigenvalue weighted by atomic mass is 16.7. The van der Waals surface area contributed by atoms with Gasteiger partial charge in [0.15, 0.2) is 23.8 Å². The molecule has 8 heteroatoms. The van der Waals surface area contributed by atoms with Crippen molar-refractivity contribution in [2.75, 3.05) is 13.2 Å². The Morgan fingerprint density at radius 3 is 1.55 bits per heavy atom. The first-order valence-electron chi connectivity index (χ1n) is 6.20. The van der Waals surface area contributed by atoms with Crippen LogP contribution >= 0.6 is 0 Å². The van der Waals surface area contributed by atoms with E-state index in [1.165, 1.54) is 0 Å². The monoisotopic (exact) mass is 288 g/mol. The topological polar surface area (TPSA) is 105 Å². The third-order valence-electron chi connectivity index (χ3n) is 2.49. The summed E-state index contributed by atoms with van der Waals surface area (Å²) < 4.78 is 18.5. The van der Waals surface area contributed by atoms with Crippen LogP contribution in [0.3, 0.4) is 0 Å². The zero-order valence-corrected chi connectivity index (χ0v) is 11.2. The lowest BCUT2D eigenvalue weighted by atomic mass is 9.92. The van der Waals surface area contributed by atoms with Crippen LogP contribution in [0.1, 0.15) is 26.7 Å². The Hall–Kier alpha value is -2.12. The van der Waals surface area contributed by atoms with Gasteiger partial charge >= 0.3 is 12.3 Å². The normalized spacial score (nSPS) is 22.1. The van der Waals surface area contributed by atoms with E-state index in [1.54, 1.807) is 13.8 Å². The van der Waals surface area contributed by atoms with Gasteiger partial charge in [0, 0.05) is 0 Å². The molecule has 2 unspecified atom stereocenters. The van der Waals surface area contributed by atoms with E-state index >= 15 is 0 Å². The number of ketones is 2. The fourth-order valence-electron chi connectivity index (χ4n) is 1.61. The minimum atomic E-state index is -1.19. The maximum absolute atomic E-state index is 11.7. The average molecular weight is 288 g/mol. The van der Waals surface area contributed by atoms with Gasteiger partial charge in [0.2, 0.25) is 0 Å². The lowest BCUT2D eigenvalue weighted by Crippen LogP contribution is -2.43. The Balaban J connectivity index is 2.53. The SMILES string of the molecule is CCOC(=O)OC1CC(=O)C(OC(=O)OCC)CC1=O. The van der Waals surface area contributed by atoms with Crippen LogP contribution in [-0.2, 0) is 28.5 Å². The van der Waals surface area contributed by atoms with Gasteiger partial charge in [0.25, 0.3) is 0 Å². The summed E-state index contributed by atoms with van der Waals surface area (Å²) >= 11 is 0. The van der Waals surface area contributed by atoms with Crippen molar-refractivity contribution < 1.29 is 38.1 Å². The summed E-state index contributed by atoms with van der Waals surface area (Å²) in [5.74, 6) is -1.01. The van der Waals surface area contributed by atoms with Gasteiger partial charge in [-0.25, -0.2) is 9.59 Å². The third kappa shape index (κ3) is 4.52. The molecule has 0 radical (unpaired) electrons. The summed E-state index contributed by atoms with van der Waals surface area (Å²) in [5, 5.41) is 0. The number of Topliss-reactive ketones (excluding diaryl/α,β-unsaturated/α-hetero) is 2. The summed E-state index contributed by atoms with van der Waals surface area (Å²) in [7, 11) is 0. The van der Waals surface area contributed by atoms with Crippen molar-refractivity contribution in [2.45, 2.75) is 38.9 Å². The Morgan fingerprint density at radius 1 is 0.900 bits per heavy atom. The molecule has 0 spiro atoms. The second kappa shape index (κ2) is 7.46. The molecule has 2 atom stereocenters. The molecule has 0 N–H and O–H groups in total. The van der Waals surface area contributed by atoms with E-state index in [-0.39, 0.29) is 26.1 Å². The first kappa shape index (κ1) is 15.9. The second-order valence-electron chi connectivity index (χ2n) is 3.92. The van der Waals surface area contributed by atoms with Gasteiger partial charge in [-0.05, 0) is 13.8 Å². The van der Waals surface area contributed by atoms with Crippen molar-refractivity contribution in [1.29, 1.82) is 0 Å². The molecule has 8 nitrogen and oxygen atoms in total. The van der Waals surface area contributed by atoms with Crippen LogP contribution in [-0.4, -0.2) is 49.3 Å². The number of rotatable bonds is 4. The lowest BCUT2D eigenvalue weighted by Gasteiger charge is -2.25. The number of ether oxygens (including phenoxy) is 4. The van der Waals surface area contributed by atoms with Gasteiger partial charge in [0.1, 0.15) is 0 Å². The molecule has 112 valence electrons. The summed E-state index contributed by atoms with van der Waals surface area (Å²) in [5.41, 5.74) is 0. The molecule has 1 saturated carbocycles. The quantitative estimate of drug-likeness (QED) is 0.705. The number of hydrogen-bond donors (Lipinski definition) is 0. The first-order chi connectivity index (χ1) is 9.47. The van der Waals surface area contributed by atoms with Crippen LogP contribution < -0.4 is 0 Å². The van der Waals surface area contributed by atoms with Crippen molar-refractivity contribution in [3.63, 3.8) is 0 Å². The largest absolute Gasteiger partial charge is 0.508 e. The molecule has 0 saturated heterocycles. The highest BCUT2D eigenvalue weighted by Crippen LogP contribution is 2.19. The number of carbonyl (C=O) groups is 4. The smallest absolute Gasteiger partial charge is 0.435 e. The van der Waals surface area contributed by atoms with E-state index in [0.29, 0.717) is 0 Å². The predicted octanol–water partition coefficient (Wildman–Crippen LogP) is 1.00. The average Bonchev–Trinajstić information content (AvgIpc) is 2.36. The Bertz CT molecular complexity index is 364. The van der Waals surface area contributed by atoms with Gasteiger partial charge in [-0.1, -0.05) is 0 Å². The molecule has 1 aliphatic rings. The van der Waals surface area contributed by atoms with Gasteiger partial charge < -0.3 is 18.9 Å². The van der Waals surface area contributed by atoms with Gasteiger partial charge in [-0.3, -0.25) is 9.59 Å². The highest BCUT2D eigenvalue weighted by Gasteiger charge is 2.39. The van der Waals surface area contributed by atoms with Crippen LogP contribution in [0.4, 0.5) is 9.59 Å². The van der Waals surface area contributed by atoms with Crippen LogP contribution in [0, 0.1) is 0 Å². The molecule has 0 bridgehead atoms. The van der Waals surface area contributed by atoms with Crippen molar-refractivity contribution in [2.24, 2.45) is 0 Å². The van der Waals surface area contributed by atoms with Crippen molar-refractivity contribution in [3.05, 3.63) is 0 Å². The maximum atomic E-state index is 11.7. The third-order valence-corrected chi connectivity index (χ3v) is 2.49. The predicted molar refractivity (Wildman–Crippen MR) is 63.0 cm³/mol. The summed E-state index contributed by atoms with van der Waals surface area (Å²) in [4.78, 5) is 45.6. The minimum absolute atomic E-state index is 0.0995. The van der Waals surface area contributed by atoms with Crippen LogP contribution in [0.5, 0.6) is 0 Å². The molecule has 0 aliphatic heterocycles. The summed E-state index contributed by atoms with van der Waals surface area (Å²) in [6.07, 6.45) is -5.09. The summed E-state index contributed by atoms with van der Waals surface area (Å²) in [6.45, 7) is 3.36. The Morgan fingerprint density at radius 2 is 1.25 bits per heavy atom. The molecular weight excluding hydrogens is 272 g/mol. The standard InChI is InChI=1S/C12H16O8/c1-3-17-11(15)19-9-5-8(14)10(6-7(9)13)20-12(16)18-4-2/h9-10H,3-6H2,1-2H3. The number of carbonyl (C=O) groups excluding carboxylic acids is 4. The zero-order valence-electron chi connectivity index (χ0n) is 11.2. The van der Waals surface area contributed by atoms with E-state index in [2.05, 4.69) is 9.47 Å². The van der Waals surface area contributed by atoms with E-state index in [4.69, 9.17) is 9.47 Å². The van der Waals surface area contributed by atoms with Crippen molar-refractivity contribution >= 4 is 23.9 Å². The van der Waals surface area contributed by atoms with Gasteiger partial charge in [-0.15, -0.1) is 0 Å². The molecule has 0 heterocycles. The molecule has 20 heavy (non-hydrogen) atoms. The molecule has 0 aromatic rings. The fourth-order valence-corrected chi connectivity index (χ4v) is 1.61. The maximum Gasteiger partial charge on any atom is 0.508 e. The molecule has 0 aromatic heterocycles. The van der Waals surface area contributed by atoms with Crippen LogP contribution in [0.25, 0.3) is 0 Å². The minimum Gasteiger partial charge on any atom is -0.435 e. The molecule has 0 aromatic carbocycles. The number of hydrogen-bond acceptors (Lipinski definition) is 8. The van der Waals surface area contributed by atoms with E-state index in [1.807, 2.05) is 0 Å². The van der Waals surface area contributed by atoms with Gasteiger partial charge in [-0.2, -0.15) is 0 Å². The molecular formula is C12H16O8. The van der Waals surface area contributed by atoms with Crippen molar-refractivity contribution in [3.8, 4) is 0 Å². The second-order valence-corrected chi connectivity index (χ2v) is 3.92. The Labute approximate surface area is 115 Å². The summed E-state index contributed by atoms with van der Waals surface area (Å²) in [6, 6.07) is 0. The molecule has 0 amide bonds. The van der Waals surface area contributed by atoms with Crippen LogP contribution in [0.15, 0.2) is 0 Å². The molecule has 1 rings (SSSR count). The molecule has 1 fully saturated rings. The van der Waals surface area contributed by atoms with E-state index < -0.39 is 36.1 Å².